The van der Waals surface area contributed by atoms with Gasteiger partial charge in [0.1, 0.15) is 12.4 Å². The molecule has 0 amide bonds. The Kier molecular flexibility index (Phi) is 11.8. The molecule has 0 aliphatic rings. The molecule has 5 aromatic rings. The van der Waals surface area contributed by atoms with Crippen LogP contribution in [0, 0.1) is 0 Å². The van der Waals surface area contributed by atoms with Crippen LogP contribution >= 0.6 is 0 Å². The van der Waals surface area contributed by atoms with E-state index < -0.39 is 12.2 Å². The van der Waals surface area contributed by atoms with E-state index in [0.29, 0.717) is 37.6 Å². The Bertz CT molecular complexity index is 1560. The molecule has 0 bridgehead atoms. The second kappa shape index (κ2) is 16.6. The number of aliphatic hydroxyl groups is 3. The first-order chi connectivity index (χ1) is 22.1. The lowest BCUT2D eigenvalue weighted by Gasteiger charge is -2.26. The van der Waals surface area contributed by atoms with Crippen molar-refractivity contribution in [3.05, 3.63) is 167 Å². The maximum atomic E-state index is 11.3. The number of hydrogen-bond donors (Lipinski definition) is 4. The topological polar surface area (TPSA) is 85.2 Å². The fraction of sp³-hybridized carbons (Fsp3) is 0.231. The van der Waals surface area contributed by atoms with Gasteiger partial charge in [-0.1, -0.05) is 109 Å². The van der Waals surface area contributed by atoms with Gasteiger partial charge >= 0.3 is 0 Å². The summed E-state index contributed by atoms with van der Waals surface area (Å²) in [5.41, 5.74) is 6.68. The molecule has 0 aliphatic heterocycles. The Morgan fingerprint density at radius 2 is 1.29 bits per heavy atom. The molecule has 6 heteroatoms. The fourth-order valence-corrected chi connectivity index (χ4v) is 5.32. The van der Waals surface area contributed by atoms with Crippen molar-refractivity contribution in [2.75, 3.05) is 25.0 Å². The average molecular weight is 603 g/mol. The first kappa shape index (κ1) is 31.9. The highest BCUT2D eigenvalue weighted by molar-refractivity contribution is 5.45. The number of hydrogen-bond acceptors (Lipinski definition) is 6. The van der Waals surface area contributed by atoms with E-state index in [1.807, 2.05) is 109 Å². The number of benzene rings is 5. The molecule has 0 heterocycles. The van der Waals surface area contributed by atoms with Crippen LogP contribution in [0.25, 0.3) is 0 Å². The molecule has 6 nitrogen and oxygen atoms in total. The molecular weight excluding hydrogens is 560 g/mol. The standard InChI is InChI=1S/C39H42N2O4/c42-28-35-24-34(18-21-39(35)45-29-32-12-6-2-7-13-32)38(44)27-41(26-31-10-4-1-5-11-31)23-22-30-16-19-36(20-17-30)40-25-37(43)33-14-8-3-9-15-33/h1-21,24,37-38,40,42-44H,22-23,25-29H2/t37-,38+/m1/s1. The highest BCUT2D eigenvalue weighted by atomic mass is 16.5. The zero-order valence-electron chi connectivity index (χ0n) is 25.5. The van der Waals surface area contributed by atoms with Crippen molar-refractivity contribution >= 4 is 5.69 Å². The van der Waals surface area contributed by atoms with Crippen LogP contribution in [0.2, 0.25) is 0 Å². The van der Waals surface area contributed by atoms with E-state index in [1.54, 1.807) is 0 Å². The van der Waals surface area contributed by atoms with E-state index in [9.17, 15) is 15.3 Å². The third-order valence-electron chi connectivity index (χ3n) is 7.91. The molecule has 0 aromatic heterocycles. The van der Waals surface area contributed by atoms with Gasteiger partial charge in [0.15, 0.2) is 0 Å². The Morgan fingerprint density at radius 3 is 1.96 bits per heavy atom. The van der Waals surface area contributed by atoms with Crippen LogP contribution < -0.4 is 10.1 Å². The summed E-state index contributed by atoms with van der Waals surface area (Å²) in [6, 6.07) is 43.7. The van der Waals surface area contributed by atoms with Crippen LogP contribution in [-0.2, 0) is 26.2 Å². The molecule has 4 N–H and O–H groups in total. The Balaban J connectivity index is 1.19. The summed E-state index contributed by atoms with van der Waals surface area (Å²) in [5.74, 6) is 0.617. The van der Waals surface area contributed by atoms with Gasteiger partial charge in [-0.15, -0.1) is 0 Å². The highest BCUT2D eigenvalue weighted by Crippen LogP contribution is 2.26. The summed E-state index contributed by atoms with van der Waals surface area (Å²) in [6.45, 7) is 2.59. The van der Waals surface area contributed by atoms with Crippen molar-refractivity contribution in [2.24, 2.45) is 0 Å². The second-order valence-corrected chi connectivity index (χ2v) is 11.3. The quantitative estimate of drug-likeness (QED) is 0.101. The predicted octanol–water partition coefficient (Wildman–Crippen LogP) is 6.68. The van der Waals surface area contributed by atoms with Crippen LogP contribution in [0.15, 0.2) is 133 Å². The Hall–Kier alpha value is -4.46. The van der Waals surface area contributed by atoms with Crippen LogP contribution in [0.4, 0.5) is 5.69 Å². The molecule has 2 atom stereocenters. The average Bonchev–Trinajstić information content (AvgIpc) is 3.10. The van der Waals surface area contributed by atoms with Crippen LogP contribution in [0.5, 0.6) is 5.75 Å². The van der Waals surface area contributed by atoms with Crippen molar-refractivity contribution in [1.82, 2.24) is 4.90 Å². The minimum atomic E-state index is -0.732. The molecule has 5 aromatic carbocycles. The lowest BCUT2D eigenvalue weighted by Crippen LogP contribution is -2.30. The van der Waals surface area contributed by atoms with Gasteiger partial charge in [-0.05, 0) is 58.5 Å². The lowest BCUT2D eigenvalue weighted by molar-refractivity contribution is 0.109. The van der Waals surface area contributed by atoms with E-state index in [0.717, 1.165) is 35.3 Å². The van der Waals surface area contributed by atoms with Crippen molar-refractivity contribution < 1.29 is 20.1 Å². The number of nitrogens with one attached hydrogen (secondary N) is 1. The van der Waals surface area contributed by atoms with Gasteiger partial charge in [0.05, 0.1) is 18.8 Å². The van der Waals surface area contributed by atoms with E-state index in [2.05, 4.69) is 34.5 Å². The van der Waals surface area contributed by atoms with Crippen molar-refractivity contribution in [2.45, 2.75) is 38.4 Å². The molecule has 0 aliphatic carbocycles. The van der Waals surface area contributed by atoms with Gasteiger partial charge in [0.25, 0.3) is 0 Å². The maximum Gasteiger partial charge on any atom is 0.125 e. The number of aliphatic hydroxyl groups excluding tert-OH is 3. The fourth-order valence-electron chi connectivity index (χ4n) is 5.32. The van der Waals surface area contributed by atoms with Gasteiger partial charge in [-0.3, -0.25) is 4.90 Å². The minimum Gasteiger partial charge on any atom is -0.489 e. The van der Waals surface area contributed by atoms with Crippen molar-refractivity contribution in [3.8, 4) is 5.75 Å². The largest absolute Gasteiger partial charge is 0.489 e. The molecule has 45 heavy (non-hydrogen) atoms. The number of rotatable bonds is 16. The van der Waals surface area contributed by atoms with Crippen LogP contribution in [0.1, 0.15) is 45.6 Å². The molecule has 0 saturated carbocycles. The highest BCUT2D eigenvalue weighted by Gasteiger charge is 2.17. The molecule has 0 fully saturated rings. The van der Waals surface area contributed by atoms with Gasteiger partial charge in [-0.25, -0.2) is 0 Å². The van der Waals surface area contributed by atoms with Gasteiger partial charge in [0.2, 0.25) is 0 Å². The summed E-state index contributed by atoms with van der Waals surface area (Å²) in [6.07, 6.45) is -0.485. The van der Waals surface area contributed by atoms with Crippen molar-refractivity contribution in [3.63, 3.8) is 0 Å². The summed E-state index contributed by atoms with van der Waals surface area (Å²) in [4.78, 5) is 2.26. The smallest absolute Gasteiger partial charge is 0.125 e. The van der Waals surface area contributed by atoms with E-state index in [1.165, 1.54) is 11.1 Å². The summed E-state index contributed by atoms with van der Waals surface area (Å²) >= 11 is 0. The van der Waals surface area contributed by atoms with Gasteiger partial charge in [-0.2, -0.15) is 0 Å². The van der Waals surface area contributed by atoms with E-state index in [-0.39, 0.29) is 6.61 Å². The third kappa shape index (κ3) is 9.76. The van der Waals surface area contributed by atoms with Gasteiger partial charge < -0.3 is 25.4 Å². The van der Waals surface area contributed by atoms with Crippen LogP contribution in [-0.4, -0.2) is 39.9 Å². The van der Waals surface area contributed by atoms with Gasteiger partial charge in [0, 0.05) is 37.4 Å². The second-order valence-electron chi connectivity index (χ2n) is 11.3. The molecular formula is C39H42N2O4. The number of nitrogens with zero attached hydrogens (tertiary/aromatic N) is 1. The van der Waals surface area contributed by atoms with Crippen LogP contribution in [0.3, 0.4) is 0 Å². The Labute approximate surface area is 266 Å². The summed E-state index contributed by atoms with van der Waals surface area (Å²) in [5, 5.41) is 35.1. The van der Waals surface area contributed by atoms with Crippen molar-refractivity contribution in [1.29, 1.82) is 0 Å². The zero-order chi connectivity index (χ0) is 31.3. The molecule has 232 valence electrons. The molecule has 0 radical (unpaired) electrons. The summed E-state index contributed by atoms with van der Waals surface area (Å²) in [7, 11) is 0. The van der Waals surface area contributed by atoms with E-state index >= 15 is 0 Å². The number of anilines is 1. The maximum absolute atomic E-state index is 11.3. The molecule has 5 rings (SSSR count). The first-order valence-corrected chi connectivity index (χ1v) is 15.5. The zero-order valence-corrected chi connectivity index (χ0v) is 25.5. The molecule has 0 unspecified atom stereocenters. The Morgan fingerprint density at radius 1 is 0.644 bits per heavy atom. The lowest BCUT2D eigenvalue weighted by atomic mass is 10.0. The monoisotopic (exact) mass is 602 g/mol. The minimum absolute atomic E-state index is 0.172. The molecule has 0 saturated heterocycles. The normalized spacial score (nSPS) is 12.5. The predicted molar refractivity (Wildman–Crippen MR) is 180 cm³/mol. The van der Waals surface area contributed by atoms with E-state index in [4.69, 9.17) is 4.74 Å². The SMILES string of the molecule is OCc1cc([C@@H](O)CN(CCc2ccc(NC[C@@H](O)c3ccccc3)cc2)Cc2ccccc2)ccc1OCc1ccccc1. The number of ether oxygens (including phenoxy) is 1. The first-order valence-electron chi connectivity index (χ1n) is 15.5. The molecule has 0 spiro atoms. The summed E-state index contributed by atoms with van der Waals surface area (Å²) < 4.78 is 5.98. The third-order valence-corrected chi connectivity index (χ3v) is 7.91.